The highest BCUT2D eigenvalue weighted by Crippen LogP contribution is 2.30. The van der Waals surface area contributed by atoms with E-state index in [-0.39, 0.29) is 5.91 Å². The first-order chi connectivity index (χ1) is 13.1. The molecule has 1 aromatic heterocycles. The zero-order valence-corrected chi connectivity index (χ0v) is 16.2. The van der Waals surface area contributed by atoms with Gasteiger partial charge in [0.1, 0.15) is 11.4 Å². The number of anilines is 1. The van der Waals surface area contributed by atoms with Gasteiger partial charge in [-0.15, -0.1) is 0 Å². The first-order valence-electron chi connectivity index (χ1n) is 10.1. The molecule has 1 saturated heterocycles. The summed E-state index contributed by atoms with van der Waals surface area (Å²) in [6, 6.07) is 8.59. The lowest BCUT2D eigenvalue weighted by Crippen LogP contribution is -2.40. The van der Waals surface area contributed by atoms with E-state index in [0.29, 0.717) is 23.3 Å². The number of hydrogen-bond acceptors (Lipinski definition) is 4. The standard InChI is InChI=1S/C22H28N4O/c1-15-6-5-8-18(12-15)20-23-14-19(22(27)24-13-17-9-10-17)21(25-20)26-11-4-3-7-16(26)2/h5-6,8,12,14,16-17H,3-4,7,9-11,13H2,1-2H3,(H,24,27). The van der Waals surface area contributed by atoms with Crippen LogP contribution in [0.3, 0.4) is 0 Å². The van der Waals surface area contributed by atoms with E-state index >= 15 is 0 Å². The van der Waals surface area contributed by atoms with E-state index in [9.17, 15) is 4.79 Å². The Kier molecular flexibility index (Phi) is 5.10. The van der Waals surface area contributed by atoms with Gasteiger partial charge in [-0.2, -0.15) is 0 Å². The summed E-state index contributed by atoms with van der Waals surface area (Å²) >= 11 is 0. The summed E-state index contributed by atoms with van der Waals surface area (Å²) < 4.78 is 0. The summed E-state index contributed by atoms with van der Waals surface area (Å²) in [4.78, 5) is 24.5. The van der Waals surface area contributed by atoms with Crippen molar-refractivity contribution in [2.24, 2.45) is 5.92 Å². The molecule has 0 spiro atoms. The van der Waals surface area contributed by atoms with E-state index in [2.05, 4.69) is 41.2 Å². The number of nitrogens with one attached hydrogen (secondary N) is 1. The van der Waals surface area contributed by atoms with Gasteiger partial charge in [-0.25, -0.2) is 9.97 Å². The van der Waals surface area contributed by atoms with Crippen molar-refractivity contribution in [3.63, 3.8) is 0 Å². The highest BCUT2D eigenvalue weighted by Gasteiger charge is 2.27. The van der Waals surface area contributed by atoms with Gasteiger partial charge in [0, 0.05) is 30.9 Å². The predicted molar refractivity (Wildman–Crippen MR) is 108 cm³/mol. The van der Waals surface area contributed by atoms with Gasteiger partial charge in [-0.05, 0) is 57.9 Å². The number of carbonyl (C=O) groups excluding carboxylic acids is 1. The smallest absolute Gasteiger partial charge is 0.256 e. The number of carbonyl (C=O) groups is 1. The molecule has 2 aliphatic rings. The van der Waals surface area contributed by atoms with Gasteiger partial charge in [0.25, 0.3) is 5.91 Å². The molecule has 4 rings (SSSR count). The van der Waals surface area contributed by atoms with E-state index in [4.69, 9.17) is 4.98 Å². The SMILES string of the molecule is Cc1cccc(-c2ncc(C(=O)NCC3CC3)c(N3CCCCC3C)n2)c1. The molecule has 5 heteroatoms. The molecule has 1 aliphatic heterocycles. The minimum absolute atomic E-state index is 0.0505. The zero-order chi connectivity index (χ0) is 18.8. The largest absolute Gasteiger partial charge is 0.353 e. The minimum atomic E-state index is -0.0505. The lowest BCUT2D eigenvalue weighted by molar-refractivity contribution is 0.0951. The molecule has 2 fully saturated rings. The van der Waals surface area contributed by atoms with Crippen LogP contribution in [-0.4, -0.2) is 35.0 Å². The molecule has 1 aliphatic carbocycles. The zero-order valence-electron chi connectivity index (χ0n) is 16.2. The Balaban J connectivity index is 1.69. The Morgan fingerprint density at radius 2 is 2.11 bits per heavy atom. The van der Waals surface area contributed by atoms with E-state index in [0.717, 1.165) is 37.3 Å². The molecule has 142 valence electrons. The number of amides is 1. The van der Waals surface area contributed by atoms with Crippen molar-refractivity contribution in [2.75, 3.05) is 18.0 Å². The summed E-state index contributed by atoms with van der Waals surface area (Å²) in [5.41, 5.74) is 2.77. The monoisotopic (exact) mass is 364 g/mol. The van der Waals surface area contributed by atoms with Crippen LogP contribution in [0.25, 0.3) is 11.4 Å². The third kappa shape index (κ3) is 4.12. The van der Waals surface area contributed by atoms with Crippen LogP contribution in [0.15, 0.2) is 30.5 Å². The molecule has 2 heterocycles. The Morgan fingerprint density at radius 1 is 1.26 bits per heavy atom. The minimum Gasteiger partial charge on any atom is -0.353 e. The third-order valence-corrected chi connectivity index (χ3v) is 5.61. The van der Waals surface area contributed by atoms with Gasteiger partial charge < -0.3 is 10.2 Å². The van der Waals surface area contributed by atoms with Gasteiger partial charge in [-0.3, -0.25) is 4.79 Å². The number of nitrogens with zero attached hydrogens (tertiary/aromatic N) is 3. The van der Waals surface area contributed by atoms with Crippen LogP contribution in [-0.2, 0) is 0 Å². The second-order valence-electron chi connectivity index (χ2n) is 7.99. The van der Waals surface area contributed by atoms with Crippen molar-refractivity contribution in [1.82, 2.24) is 15.3 Å². The molecule has 27 heavy (non-hydrogen) atoms. The molecule has 2 aromatic rings. The average Bonchev–Trinajstić information content (AvgIpc) is 3.50. The van der Waals surface area contributed by atoms with Crippen molar-refractivity contribution in [1.29, 1.82) is 0 Å². The van der Waals surface area contributed by atoms with E-state index in [1.807, 2.05) is 12.1 Å². The molecule has 1 saturated carbocycles. The third-order valence-electron chi connectivity index (χ3n) is 5.61. The second-order valence-corrected chi connectivity index (χ2v) is 7.99. The summed E-state index contributed by atoms with van der Waals surface area (Å²) in [6.45, 7) is 5.98. The number of benzene rings is 1. The quantitative estimate of drug-likeness (QED) is 0.872. The molecular formula is C22H28N4O. The van der Waals surface area contributed by atoms with Gasteiger partial charge in [0.15, 0.2) is 5.82 Å². The van der Waals surface area contributed by atoms with Gasteiger partial charge >= 0.3 is 0 Å². The first kappa shape index (κ1) is 18.0. The fourth-order valence-electron chi connectivity index (χ4n) is 3.74. The molecule has 5 nitrogen and oxygen atoms in total. The van der Waals surface area contributed by atoms with E-state index in [1.165, 1.54) is 24.8 Å². The van der Waals surface area contributed by atoms with Crippen molar-refractivity contribution in [3.05, 3.63) is 41.6 Å². The van der Waals surface area contributed by atoms with Crippen molar-refractivity contribution in [2.45, 2.75) is 52.0 Å². The Labute approximate surface area is 161 Å². The number of aryl methyl sites for hydroxylation is 1. The molecule has 1 atom stereocenters. The molecule has 0 radical (unpaired) electrons. The molecular weight excluding hydrogens is 336 g/mol. The van der Waals surface area contributed by atoms with E-state index < -0.39 is 0 Å². The molecule has 1 aromatic carbocycles. The number of piperidine rings is 1. The normalized spacial score (nSPS) is 19.8. The van der Waals surface area contributed by atoms with Crippen molar-refractivity contribution in [3.8, 4) is 11.4 Å². The molecule has 1 amide bonds. The van der Waals surface area contributed by atoms with Crippen LogP contribution in [0.4, 0.5) is 5.82 Å². The number of aromatic nitrogens is 2. The summed E-state index contributed by atoms with van der Waals surface area (Å²) in [5, 5.41) is 3.08. The average molecular weight is 364 g/mol. The van der Waals surface area contributed by atoms with Crippen molar-refractivity contribution >= 4 is 11.7 Å². The van der Waals surface area contributed by atoms with Crippen LogP contribution in [0.5, 0.6) is 0 Å². The van der Waals surface area contributed by atoms with Crippen LogP contribution >= 0.6 is 0 Å². The van der Waals surface area contributed by atoms with Crippen LogP contribution < -0.4 is 10.2 Å². The highest BCUT2D eigenvalue weighted by atomic mass is 16.1. The predicted octanol–water partition coefficient (Wildman–Crippen LogP) is 3.97. The van der Waals surface area contributed by atoms with Crippen LogP contribution in [0.2, 0.25) is 0 Å². The fraction of sp³-hybridized carbons (Fsp3) is 0.500. The van der Waals surface area contributed by atoms with E-state index in [1.54, 1.807) is 6.20 Å². The Morgan fingerprint density at radius 3 is 2.85 bits per heavy atom. The maximum atomic E-state index is 12.8. The van der Waals surface area contributed by atoms with Crippen LogP contribution in [0.1, 0.15) is 54.9 Å². The maximum absolute atomic E-state index is 12.8. The van der Waals surface area contributed by atoms with Gasteiger partial charge in [-0.1, -0.05) is 23.8 Å². The van der Waals surface area contributed by atoms with Gasteiger partial charge in [0.2, 0.25) is 0 Å². The fourth-order valence-corrected chi connectivity index (χ4v) is 3.74. The molecule has 1 unspecified atom stereocenters. The maximum Gasteiger partial charge on any atom is 0.256 e. The lowest BCUT2D eigenvalue weighted by Gasteiger charge is -2.35. The van der Waals surface area contributed by atoms with Crippen molar-refractivity contribution < 1.29 is 4.79 Å². The van der Waals surface area contributed by atoms with Gasteiger partial charge in [0.05, 0.1) is 0 Å². The Hall–Kier alpha value is -2.43. The highest BCUT2D eigenvalue weighted by molar-refractivity contribution is 5.99. The van der Waals surface area contributed by atoms with Crippen LogP contribution in [0, 0.1) is 12.8 Å². The molecule has 0 bridgehead atoms. The first-order valence-corrected chi connectivity index (χ1v) is 10.1. The number of rotatable bonds is 5. The second kappa shape index (κ2) is 7.67. The summed E-state index contributed by atoms with van der Waals surface area (Å²) in [6.07, 6.45) is 7.66. The summed E-state index contributed by atoms with van der Waals surface area (Å²) in [5.74, 6) is 2.07. The Bertz CT molecular complexity index is 831. The number of hydrogen-bond donors (Lipinski definition) is 1. The lowest BCUT2D eigenvalue weighted by atomic mass is 10.0. The summed E-state index contributed by atoms with van der Waals surface area (Å²) in [7, 11) is 0. The molecule has 1 N–H and O–H groups in total. The topological polar surface area (TPSA) is 58.1 Å².